The average Bonchev–Trinajstić information content (AvgIpc) is 2.92. The maximum absolute atomic E-state index is 13.9. The number of halogens is 1. The number of carbonyl (C=O) groups is 2. The van der Waals surface area contributed by atoms with Crippen LogP contribution in [0.3, 0.4) is 0 Å². The van der Waals surface area contributed by atoms with E-state index in [1.54, 1.807) is 37.3 Å². The summed E-state index contributed by atoms with van der Waals surface area (Å²) in [6.07, 6.45) is 1.25. The van der Waals surface area contributed by atoms with Gasteiger partial charge in [0.1, 0.15) is 12.6 Å². The van der Waals surface area contributed by atoms with Crippen LogP contribution in [0.2, 0.25) is 5.02 Å². The number of amides is 2. The lowest BCUT2D eigenvalue weighted by Crippen LogP contribution is -2.53. The molecule has 0 fully saturated rings. The van der Waals surface area contributed by atoms with E-state index in [-0.39, 0.29) is 29.1 Å². The van der Waals surface area contributed by atoms with Crippen LogP contribution >= 0.6 is 11.6 Å². The summed E-state index contributed by atoms with van der Waals surface area (Å²) < 4.78 is 28.7. The van der Waals surface area contributed by atoms with Gasteiger partial charge in [-0.25, -0.2) is 8.42 Å². The lowest BCUT2D eigenvalue weighted by molar-refractivity contribution is -0.139. The highest BCUT2D eigenvalue weighted by atomic mass is 35.5. The number of nitrogens with zero attached hydrogens (tertiary/aromatic N) is 2. The van der Waals surface area contributed by atoms with Crippen molar-refractivity contribution in [3.8, 4) is 0 Å². The molecular formula is C30H36ClN3O4S. The van der Waals surface area contributed by atoms with Crippen LogP contribution in [0.1, 0.15) is 38.3 Å². The van der Waals surface area contributed by atoms with Gasteiger partial charge in [-0.05, 0) is 69.5 Å². The molecule has 0 saturated heterocycles. The van der Waals surface area contributed by atoms with Crippen molar-refractivity contribution in [2.75, 3.05) is 17.4 Å². The number of benzene rings is 3. The lowest BCUT2D eigenvalue weighted by Gasteiger charge is -2.32. The van der Waals surface area contributed by atoms with E-state index in [0.29, 0.717) is 11.4 Å². The van der Waals surface area contributed by atoms with Crippen molar-refractivity contribution in [3.05, 3.63) is 95.0 Å². The van der Waals surface area contributed by atoms with E-state index in [4.69, 9.17) is 11.6 Å². The highest BCUT2D eigenvalue weighted by Gasteiger charge is 2.32. The van der Waals surface area contributed by atoms with Gasteiger partial charge in [0.15, 0.2) is 0 Å². The molecule has 0 aliphatic heterocycles. The van der Waals surface area contributed by atoms with Gasteiger partial charge in [0.2, 0.25) is 11.8 Å². The van der Waals surface area contributed by atoms with E-state index in [2.05, 4.69) is 5.32 Å². The van der Waals surface area contributed by atoms with Crippen LogP contribution in [-0.2, 0) is 26.0 Å². The summed E-state index contributed by atoms with van der Waals surface area (Å²) in [7, 11) is -4.13. The molecule has 0 unspecified atom stereocenters. The van der Waals surface area contributed by atoms with Gasteiger partial charge in [-0.1, -0.05) is 72.6 Å². The molecule has 0 aliphatic rings. The minimum Gasteiger partial charge on any atom is -0.352 e. The second-order valence-electron chi connectivity index (χ2n) is 9.62. The average molecular weight is 570 g/mol. The molecule has 1 N–H and O–H groups in total. The third kappa shape index (κ3) is 8.07. The predicted molar refractivity (Wildman–Crippen MR) is 156 cm³/mol. The Hall–Kier alpha value is -3.36. The summed E-state index contributed by atoms with van der Waals surface area (Å²) in [6.45, 7) is 7.14. The van der Waals surface area contributed by atoms with E-state index in [1.807, 2.05) is 51.1 Å². The molecule has 3 aromatic carbocycles. The Kier molecular flexibility index (Phi) is 10.5. The summed E-state index contributed by atoms with van der Waals surface area (Å²) in [5, 5.41) is 3.27. The topological polar surface area (TPSA) is 86.8 Å². The normalized spacial score (nSPS) is 12.8. The maximum Gasteiger partial charge on any atom is 0.264 e. The Balaban J connectivity index is 1.97. The molecule has 0 bridgehead atoms. The monoisotopic (exact) mass is 569 g/mol. The van der Waals surface area contributed by atoms with Crippen LogP contribution in [0.25, 0.3) is 0 Å². The first-order chi connectivity index (χ1) is 18.5. The SMILES string of the molecule is CC[C@@H](C)NC(=O)[C@H](C)N(CCc1ccccc1)C(=O)CN(c1cccc(Cl)c1)S(=O)(=O)c1ccc(C)cc1. The number of anilines is 1. The van der Waals surface area contributed by atoms with Crippen molar-refractivity contribution >= 4 is 39.1 Å². The van der Waals surface area contributed by atoms with Crippen LogP contribution in [0, 0.1) is 6.92 Å². The molecule has 208 valence electrons. The van der Waals surface area contributed by atoms with Crippen molar-refractivity contribution in [1.29, 1.82) is 0 Å². The van der Waals surface area contributed by atoms with Crippen LogP contribution in [0.15, 0.2) is 83.8 Å². The number of nitrogens with one attached hydrogen (secondary N) is 1. The first-order valence-corrected chi connectivity index (χ1v) is 14.8. The Morgan fingerprint density at radius 1 is 0.949 bits per heavy atom. The standard InChI is InChI=1S/C30H36ClN3O4S/c1-5-23(3)32-30(36)24(4)33(19-18-25-10-7-6-8-11-25)29(35)21-34(27-13-9-12-26(31)20-27)39(37,38)28-16-14-22(2)15-17-28/h6-17,20,23-24H,5,18-19,21H2,1-4H3,(H,32,36)/t23-,24+/m1/s1. The van der Waals surface area contributed by atoms with Gasteiger partial charge < -0.3 is 10.2 Å². The van der Waals surface area contributed by atoms with Crippen molar-refractivity contribution in [3.63, 3.8) is 0 Å². The first-order valence-electron chi connectivity index (χ1n) is 13.0. The van der Waals surface area contributed by atoms with Gasteiger partial charge in [0.25, 0.3) is 10.0 Å². The zero-order chi connectivity index (χ0) is 28.6. The third-order valence-electron chi connectivity index (χ3n) is 6.64. The van der Waals surface area contributed by atoms with Gasteiger partial charge in [0, 0.05) is 17.6 Å². The van der Waals surface area contributed by atoms with Crippen LogP contribution < -0.4 is 9.62 Å². The van der Waals surface area contributed by atoms with Gasteiger partial charge in [-0.2, -0.15) is 0 Å². The van der Waals surface area contributed by atoms with Gasteiger partial charge in [-0.15, -0.1) is 0 Å². The summed E-state index contributed by atoms with van der Waals surface area (Å²) in [5.41, 5.74) is 2.17. The molecular weight excluding hydrogens is 534 g/mol. The Labute approximate surface area is 236 Å². The number of sulfonamides is 1. The van der Waals surface area contributed by atoms with E-state index in [9.17, 15) is 18.0 Å². The fourth-order valence-corrected chi connectivity index (χ4v) is 5.62. The molecule has 2 atom stereocenters. The first kappa shape index (κ1) is 30.2. The fourth-order valence-electron chi connectivity index (χ4n) is 4.03. The largest absolute Gasteiger partial charge is 0.352 e. The molecule has 0 aromatic heterocycles. The fraction of sp³-hybridized carbons (Fsp3) is 0.333. The molecule has 0 spiro atoms. The van der Waals surface area contributed by atoms with Crippen molar-refractivity contribution < 1.29 is 18.0 Å². The summed E-state index contributed by atoms with van der Waals surface area (Å²) in [4.78, 5) is 28.4. The second kappa shape index (κ2) is 13.6. The van der Waals surface area contributed by atoms with E-state index >= 15 is 0 Å². The highest BCUT2D eigenvalue weighted by molar-refractivity contribution is 7.92. The van der Waals surface area contributed by atoms with Crippen molar-refractivity contribution in [2.45, 2.75) is 57.5 Å². The molecule has 0 radical (unpaired) electrons. The zero-order valence-corrected chi connectivity index (χ0v) is 24.4. The summed E-state index contributed by atoms with van der Waals surface area (Å²) >= 11 is 6.21. The molecule has 9 heteroatoms. The summed E-state index contributed by atoms with van der Waals surface area (Å²) in [5.74, 6) is -0.783. The number of hydrogen-bond acceptors (Lipinski definition) is 4. The molecule has 0 saturated carbocycles. The number of aryl methyl sites for hydroxylation is 1. The molecule has 39 heavy (non-hydrogen) atoms. The van der Waals surface area contributed by atoms with Crippen LogP contribution in [-0.4, -0.2) is 50.3 Å². The molecule has 7 nitrogen and oxygen atoms in total. The smallest absolute Gasteiger partial charge is 0.264 e. The predicted octanol–water partition coefficient (Wildman–Crippen LogP) is 5.22. The Bertz CT molecular complexity index is 1360. The third-order valence-corrected chi connectivity index (χ3v) is 8.66. The van der Waals surface area contributed by atoms with Crippen molar-refractivity contribution in [2.24, 2.45) is 0 Å². The van der Waals surface area contributed by atoms with Gasteiger partial charge in [-0.3, -0.25) is 13.9 Å². The highest BCUT2D eigenvalue weighted by Crippen LogP contribution is 2.27. The second-order valence-corrected chi connectivity index (χ2v) is 11.9. The molecule has 0 aliphatic carbocycles. The number of hydrogen-bond donors (Lipinski definition) is 1. The van der Waals surface area contributed by atoms with Crippen LogP contribution in [0.4, 0.5) is 5.69 Å². The Morgan fingerprint density at radius 2 is 1.62 bits per heavy atom. The van der Waals surface area contributed by atoms with Crippen molar-refractivity contribution in [1.82, 2.24) is 10.2 Å². The Morgan fingerprint density at radius 3 is 2.23 bits per heavy atom. The zero-order valence-electron chi connectivity index (χ0n) is 22.8. The van der Waals surface area contributed by atoms with Crippen LogP contribution in [0.5, 0.6) is 0 Å². The molecule has 0 heterocycles. The van der Waals surface area contributed by atoms with Gasteiger partial charge in [0.05, 0.1) is 10.6 Å². The maximum atomic E-state index is 13.9. The molecule has 2 amide bonds. The molecule has 3 aromatic rings. The van der Waals surface area contributed by atoms with E-state index in [1.165, 1.54) is 23.1 Å². The summed E-state index contributed by atoms with van der Waals surface area (Å²) in [6, 6.07) is 21.6. The molecule has 3 rings (SSSR count). The van der Waals surface area contributed by atoms with E-state index in [0.717, 1.165) is 21.9 Å². The van der Waals surface area contributed by atoms with E-state index < -0.39 is 28.5 Å². The minimum absolute atomic E-state index is 0.0549. The number of carbonyl (C=O) groups excluding carboxylic acids is 2. The number of rotatable bonds is 12. The quantitative estimate of drug-likeness (QED) is 0.324. The van der Waals surface area contributed by atoms with Gasteiger partial charge >= 0.3 is 0 Å². The lowest BCUT2D eigenvalue weighted by atomic mass is 10.1. The minimum atomic E-state index is -4.13.